The number of amides is 1. The SMILES string of the molecule is Cc1c(OCC(=O)NCCc2ccc(O)cc2)ccc2c3c(c(=O)oc12)CCC3. The highest BCUT2D eigenvalue weighted by Crippen LogP contribution is 2.32. The lowest BCUT2D eigenvalue weighted by Gasteiger charge is -2.12. The number of rotatable bonds is 6. The van der Waals surface area contributed by atoms with Gasteiger partial charge in [0.1, 0.15) is 17.1 Å². The van der Waals surface area contributed by atoms with Crippen LogP contribution in [-0.4, -0.2) is 24.2 Å². The summed E-state index contributed by atoms with van der Waals surface area (Å²) in [6.45, 7) is 2.20. The molecule has 150 valence electrons. The number of phenols is 1. The second-order valence-electron chi connectivity index (χ2n) is 7.32. The number of fused-ring (bicyclic) bond motifs is 3. The molecule has 1 aliphatic rings. The van der Waals surface area contributed by atoms with Gasteiger partial charge in [0.15, 0.2) is 6.61 Å². The van der Waals surface area contributed by atoms with E-state index in [1.54, 1.807) is 12.1 Å². The first kappa shape index (κ1) is 19.1. The lowest BCUT2D eigenvalue weighted by molar-refractivity contribution is -0.123. The van der Waals surface area contributed by atoms with Crippen molar-refractivity contribution in [3.63, 3.8) is 0 Å². The Morgan fingerprint density at radius 3 is 2.69 bits per heavy atom. The van der Waals surface area contributed by atoms with Gasteiger partial charge in [0.05, 0.1) is 0 Å². The third kappa shape index (κ3) is 3.97. The normalized spacial score (nSPS) is 12.7. The molecule has 0 atom stereocenters. The molecule has 0 aliphatic heterocycles. The molecule has 0 radical (unpaired) electrons. The van der Waals surface area contributed by atoms with Crippen LogP contribution in [0.2, 0.25) is 0 Å². The number of benzene rings is 2. The molecule has 0 unspecified atom stereocenters. The van der Waals surface area contributed by atoms with Crippen LogP contribution in [0.25, 0.3) is 11.0 Å². The molecule has 6 heteroatoms. The van der Waals surface area contributed by atoms with E-state index in [0.717, 1.165) is 46.9 Å². The fraction of sp³-hybridized carbons (Fsp3) is 0.304. The Morgan fingerprint density at radius 1 is 1.14 bits per heavy atom. The van der Waals surface area contributed by atoms with Crippen LogP contribution in [0.3, 0.4) is 0 Å². The molecule has 1 heterocycles. The molecule has 0 bridgehead atoms. The predicted molar refractivity (Wildman–Crippen MR) is 110 cm³/mol. The average Bonchev–Trinajstić information content (AvgIpc) is 3.20. The number of carbonyl (C=O) groups excluding carboxylic acids is 1. The molecule has 2 N–H and O–H groups in total. The van der Waals surface area contributed by atoms with Crippen molar-refractivity contribution in [3.05, 3.63) is 69.1 Å². The summed E-state index contributed by atoms with van der Waals surface area (Å²) in [7, 11) is 0. The maximum atomic E-state index is 12.2. The molecule has 0 spiro atoms. The van der Waals surface area contributed by atoms with E-state index in [1.807, 2.05) is 31.2 Å². The Balaban J connectivity index is 1.38. The first-order valence-corrected chi connectivity index (χ1v) is 9.78. The summed E-state index contributed by atoms with van der Waals surface area (Å²) in [5.74, 6) is 0.531. The van der Waals surface area contributed by atoms with Gasteiger partial charge in [-0.3, -0.25) is 4.79 Å². The van der Waals surface area contributed by atoms with E-state index < -0.39 is 0 Å². The number of aryl methyl sites for hydroxylation is 2. The van der Waals surface area contributed by atoms with E-state index in [4.69, 9.17) is 9.15 Å². The van der Waals surface area contributed by atoms with Crippen LogP contribution in [0.5, 0.6) is 11.5 Å². The fourth-order valence-corrected chi connectivity index (χ4v) is 3.82. The van der Waals surface area contributed by atoms with Crippen LogP contribution < -0.4 is 15.7 Å². The molecule has 1 aromatic heterocycles. The largest absolute Gasteiger partial charge is 0.508 e. The Kier molecular flexibility index (Phi) is 5.25. The fourth-order valence-electron chi connectivity index (χ4n) is 3.82. The zero-order valence-corrected chi connectivity index (χ0v) is 16.3. The quantitative estimate of drug-likeness (QED) is 0.629. The lowest BCUT2D eigenvalue weighted by atomic mass is 10.0. The number of phenolic OH excluding ortho intramolecular Hbond substituents is 1. The highest BCUT2D eigenvalue weighted by atomic mass is 16.5. The summed E-state index contributed by atoms with van der Waals surface area (Å²) in [4.78, 5) is 24.3. The van der Waals surface area contributed by atoms with Gasteiger partial charge in [-0.05, 0) is 68.0 Å². The number of hydrogen-bond donors (Lipinski definition) is 2. The minimum Gasteiger partial charge on any atom is -0.508 e. The van der Waals surface area contributed by atoms with Gasteiger partial charge < -0.3 is 19.6 Å². The average molecular weight is 393 g/mol. The molecule has 0 fully saturated rings. The van der Waals surface area contributed by atoms with Crippen LogP contribution in [0.4, 0.5) is 0 Å². The highest BCUT2D eigenvalue weighted by Gasteiger charge is 2.21. The number of carbonyl (C=O) groups is 1. The van der Waals surface area contributed by atoms with Gasteiger partial charge in [-0.2, -0.15) is 0 Å². The number of nitrogens with one attached hydrogen (secondary N) is 1. The lowest BCUT2D eigenvalue weighted by Crippen LogP contribution is -2.30. The summed E-state index contributed by atoms with van der Waals surface area (Å²) in [6, 6.07) is 10.6. The van der Waals surface area contributed by atoms with Crippen molar-refractivity contribution in [2.75, 3.05) is 13.2 Å². The van der Waals surface area contributed by atoms with Gasteiger partial charge in [-0.15, -0.1) is 0 Å². The maximum absolute atomic E-state index is 12.2. The molecule has 4 rings (SSSR count). The number of aromatic hydroxyl groups is 1. The molecule has 0 saturated carbocycles. The molecular formula is C23H23NO5. The van der Waals surface area contributed by atoms with Gasteiger partial charge in [0.25, 0.3) is 5.91 Å². The topological polar surface area (TPSA) is 88.8 Å². The summed E-state index contributed by atoms with van der Waals surface area (Å²) in [5.41, 5.74) is 3.90. The molecule has 1 aliphatic carbocycles. The second-order valence-corrected chi connectivity index (χ2v) is 7.32. The van der Waals surface area contributed by atoms with Crippen molar-refractivity contribution in [2.45, 2.75) is 32.6 Å². The van der Waals surface area contributed by atoms with Crippen LogP contribution in [0, 0.1) is 6.92 Å². The summed E-state index contributed by atoms with van der Waals surface area (Å²) >= 11 is 0. The minimum absolute atomic E-state index is 0.114. The molecule has 0 saturated heterocycles. The first-order valence-electron chi connectivity index (χ1n) is 9.78. The van der Waals surface area contributed by atoms with E-state index in [1.165, 1.54) is 0 Å². The van der Waals surface area contributed by atoms with Crippen LogP contribution in [0.15, 0.2) is 45.6 Å². The smallest absolute Gasteiger partial charge is 0.339 e. The third-order valence-corrected chi connectivity index (χ3v) is 5.37. The first-order chi connectivity index (χ1) is 14.0. The second kappa shape index (κ2) is 7.99. The monoisotopic (exact) mass is 393 g/mol. The van der Waals surface area contributed by atoms with E-state index in [-0.39, 0.29) is 23.9 Å². The van der Waals surface area contributed by atoms with Crippen molar-refractivity contribution in [1.29, 1.82) is 0 Å². The van der Waals surface area contributed by atoms with Crippen LogP contribution in [-0.2, 0) is 24.1 Å². The Morgan fingerprint density at radius 2 is 1.90 bits per heavy atom. The van der Waals surface area contributed by atoms with Gasteiger partial charge in [-0.25, -0.2) is 4.79 Å². The van der Waals surface area contributed by atoms with E-state index in [2.05, 4.69) is 5.32 Å². The minimum atomic E-state index is -0.266. The predicted octanol–water partition coefficient (Wildman–Crippen LogP) is 3.03. The Labute approximate surface area is 168 Å². The van der Waals surface area contributed by atoms with Gasteiger partial charge in [0, 0.05) is 23.1 Å². The van der Waals surface area contributed by atoms with Crippen molar-refractivity contribution in [3.8, 4) is 11.5 Å². The molecule has 6 nitrogen and oxygen atoms in total. The van der Waals surface area contributed by atoms with E-state index >= 15 is 0 Å². The van der Waals surface area contributed by atoms with Crippen molar-refractivity contribution >= 4 is 16.9 Å². The summed E-state index contributed by atoms with van der Waals surface area (Å²) in [6.07, 6.45) is 3.30. The molecule has 1 amide bonds. The standard InChI is InChI=1S/C23H23NO5/c1-14-20(10-9-18-17-3-2-4-19(17)23(27)29-22(14)18)28-13-21(26)24-12-11-15-5-7-16(25)8-6-15/h5-10,25H,2-4,11-13H2,1H3,(H,24,26). The molecule has 29 heavy (non-hydrogen) atoms. The zero-order chi connectivity index (χ0) is 20.4. The highest BCUT2D eigenvalue weighted by molar-refractivity contribution is 5.86. The van der Waals surface area contributed by atoms with Crippen molar-refractivity contribution < 1.29 is 19.1 Å². The molecule has 3 aromatic rings. The van der Waals surface area contributed by atoms with Crippen molar-refractivity contribution in [1.82, 2.24) is 5.32 Å². The molecular weight excluding hydrogens is 370 g/mol. The third-order valence-electron chi connectivity index (χ3n) is 5.37. The van der Waals surface area contributed by atoms with E-state index in [9.17, 15) is 14.7 Å². The Hall–Kier alpha value is -3.28. The van der Waals surface area contributed by atoms with Gasteiger partial charge >= 0.3 is 5.63 Å². The maximum Gasteiger partial charge on any atom is 0.339 e. The van der Waals surface area contributed by atoms with Gasteiger partial charge in [-0.1, -0.05) is 12.1 Å². The number of ether oxygens (including phenoxy) is 1. The summed E-state index contributed by atoms with van der Waals surface area (Å²) < 4.78 is 11.2. The number of hydrogen-bond acceptors (Lipinski definition) is 5. The molecule has 2 aromatic carbocycles. The van der Waals surface area contributed by atoms with Crippen molar-refractivity contribution in [2.24, 2.45) is 0 Å². The van der Waals surface area contributed by atoms with Gasteiger partial charge in [0.2, 0.25) is 0 Å². The van der Waals surface area contributed by atoms with Crippen LogP contribution >= 0.6 is 0 Å². The Bertz CT molecular complexity index is 1110. The summed E-state index contributed by atoms with van der Waals surface area (Å²) in [5, 5.41) is 13.1. The zero-order valence-electron chi connectivity index (χ0n) is 16.3. The van der Waals surface area contributed by atoms with E-state index in [0.29, 0.717) is 24.3 Å². The van der Waals surface area contributed by atoms with Crippen LogP contribution in [0.1, 0.15) is 28.7 Å².